The second-order valence-corrected chi connectivity index (χ2v) is 7.92. The average molecular weight is 486 g/mol. The van der Waals surface area contributed by atoms with E-state index in [2.05, 4.69) is 10.0 Å². The molecule has 10 heteroatoms. The van der Waals surface area contributed by atoms with Crippen LogP contribution in [-0.4, -0.2) is 11.9 Å². The molecule has 3 amide bonds. The molecule has 0 saturated heterocycles. The van der Waals surface area contributed by atoms with Crippen molar-refractivity contribution in [1.29, 1.82) is 0 Å². The minimum absolute atomic E-state index is 0.00818. The molecule has 0 unspecified atom stereocenters. The first-order valence-corrected chi connectivity index (χ1v) is 10.8. The van der Waals surface area contributed by atoms with Gasteiger partial charge in [0, 0.05) is 5.39 Å². The van der Waals surface area contributed by atoms with Gasteiger partial charge < -0.3 is 9.15 Å². The fraction of sp³-hybridized carbons (Fsp3) is 0.0833. The predicted octanol–water partition coefficient (Wildman–Crippen LogP) is 6.18. The third-order valence-electron chi connectivity index (χ3n) is 4.63. The maximum absolute atomic E-state index is 12.9. The quantitative estimate of drug-likeness (QED) is 0.318. The molecule has 1 heterocycles. The Hall–Kier alpha value is -3.92. The van der Waals surface area contributed by atoms with Crippen molar-refractivity contribution in [2.45, 2.75) is 17.7 Å². The summed E-state index contributed by atoms with van der Waals surface area (Å²) in [5.41, 5.74) is 0.106. The van der Waals surface area contributed by atoms with Crippen LogP contribution in [0, 0.1) is 0 Å². The number of fused-ring (bicyclic) bond motifs is 1. The number of nitrogens with one attached hydrogen (secondary N) is 2. The van der Waals surface area contributed by atoms with Gasteiger partial charge in [-0.25, -0.2) is 4.79 Å². The molecule has 0 aliphatic rings. The summed E-state index contributed by atoms with van der Waals surface area (Å²) in [6, 6.07) is 19.3. The van der Waals surface area contributed by atoms with Crippen molar-refractivity contribution >= 4 is 34.9 Å². The molecule has 0 bridgehead atoms. The van der Waals surface area contributed by atoms with Gasteiger partial charge in [0.15, 0.2) is 5.76 Å². The first kappa shape index (κ1) is 23.2. The number of alkyl halides is 3. The van der Waals surface area contributed by atoms with E-state index >= 15 is 0 Å². The van der Waals surface area contributed by atoms with Gasteiger partial charge in [-0.05, 0) is 53.9 Å². The Balaban J connectivity index is 1.35. The van der Waals surface area contributed by atoms with Gasteiger partial charge in [0.1, 0.15) is 17.9 Å². The van der Waals surface area contributed by atoms with Gasteiger partial charge in [-0.15, -0.1) is 0 Å². The van der Waals surface area contributed by atoms with Crippen LogP contribution in [-0.2, 0) is 12.8 Å². The molecule has 0 saturated carbocycles. The second-order valence-electron chi connectivity index (χ2n) is 7.07. The van der Waals surface area contributed by atoms with Crippen LogP contribution in [0.3, 0.4) is 0 Å². The molecule has 174 valence electrons. The van der Waals surface area contributed by atoms with Gasteiger partial charge in [0.25, 0.3) is 5.91 Å². The fourth-order valence-corrected chi connectivity index (χ4v) is 3.67. The summed E-state index contributed by atoms with van der Waals surface area (Å²) in [4.78, 5) is 25.0. The number of carbonyl (C=O) groups excluding carboxylic acids is 2. The standard InChI is InChI=1S/C24H17F3N2O4S/c25-24(26,27)17-8-5-6-15(12-17)14-32-19-10-3-4-11-21(19)34-29-23(31)28-22(30)20-13-16-7-1-2-9-18(16)33-20/h1-13H,14H2,(H2,28,29,30,31). The zero-order chi connectivity index (χ0) is 24.1. The molecule has 0 aliphatic carbocycles. The fourth-order valence-electron chi connectivity index (χ4n) is 3.04. The molecular weight excluding hydrogens is 469 g/mol. The van der Waals surface area contributed by atoms with Gasteiger partial charge in [-0.2, -0.15) is 13.2 Å². The van der Waals surface area contributed by atoms with Crippen LogP contribution < -0.4 is 14.8 Å². The molecule has 0 fully saturated rings. The van der Waals surface area contributed by atoms with Crippen LogP contribution in [0.15, 0.2) is 88.2 Å². The highest BCUT2D eigenvalue weighted by molar-refractivity contribution is 7.98. The van der Waals surface area contributed by atoms with Gasteiger partial charge in [0.05, 0.1) is 10.5 Å². The van der Waals surface area contributed by atoms with Crippen molar-refractivity contribution in [2.24, 2.45) is 0 Å². The average Bonchev–Trinajstić information content (AvgIpc) is 3.26. The van der Waals surface area contributed by atoms with E-state index in [1.54, 1.807) is 48.5 Å². The van der Waals surface area contributed by atoms with E-state index in [4.69, 9.17) is 9.15 Å². The number of para-hydroxylation sites is 2. The van der Waals surface area contributed by atoms with Crippen LogP contribution in [0.2, 0.25) is 0 Å². The molecule has 34 heavy (non-hydrogen) atoms. The van der Waals surface area contributed by atoms with Crippen molar-refractivity contribution in [1.82, 2.24) is 10.0 Å². The molecular formula is C24H17F3N2O4S. The van der Waals surface area contributed by atoms with Gasteiger partial charge in [0.2, 0.25) is 0 Å². The molecule has 0 spiro atoms. The number of halogens is 3. The molecule has 2 N–H and O–H groups in total. The molecule has 4 aromatic rings. The zero-order valence-corrected chi connectivity index (χ0v) is 18.2. The van der Waals surface area contributed by atoms with E-state index in [-0.39, 0.29) is 12.4 Å². The van der Waals surface area contributed by atoms with E-state index in [1.807, 2.05) is 0 Å². The summed E-state index contributed by atoms with van der Waals surface area (Å²) < 4.78 is 52.3. The molecule has 4 rings (SSSR count). The van der Waals surface area contributed by atoms with Crippen molar-refractivity contribution in [3.8, 4) is 5.75 Å². The number of ether oxygens (including phenoxy) is 1. The van der Waals surface area contributed by atoms with Crippen molar-refractivity contribution in [3.05, 3.63) is 95.7 Å². The Kier molecular flexibility index (Phi) is 6.78. The highest BCUT2D eigenvalue weighted by Crippen LogP contribution is 2.31. The number of benzene rings is 3. The van der Waals surface area contributed by atoms with E-state index < -0.39 is 23.7 Å². The number of hydrogen-bond acceptors (Lipinski definition) is 5. The van der Waals surface area contributed by atoms with Gasteiger partial charge in [-0.3, -0.25) is 14.8 Å². The molecule has 1 aromatic heterocycles. The summed E-state index contributed by atoms with van der Waals surface area (Å²) >= 11 is 0.890. The van der Waals surface area contributed by atoms with Crippen LogP contribution in [0.25, 0.3) is 11.0 Å². The van der Waals surface area contributed by atoms with E-state index in [0.717, 1.165) is 29.5 Å². The van der Waals surface area contributed by atoms with Crippen molar-refractivity contribution in [2.75, 3.05) is 0 Å². The van der Waals surface area contributed by atoms with E-state index in [0.29, 0.717) is 21.8 Å². The third-order valence-corrected chi connectivity index (χ3v) is 5.47. The number of furan rings is 1. The largest absolute Gasteiger partial charge is 0.488 e. The molecule has 6 nitrogen and oxygen atoms in total. The summed E-state index contributed by atoms with van der Waals surface area (Å²) in [5.74, 6) is -0.358. The predicted molar refractivity (Wildman–Crippen MR) is 120 cm³/mol. The lowest BCUT2D eigenvalue weighted by Crippen LogP contribution is -2.36. The van der Waals surface area contributed by atoms with E-state index in [1.165, 1.54) is 18.2 Å². The number of carbonyl (C=O) groups is 2. The lowest BCUT2D eigenvalue weighted by molar-refractivity contribution is -0.137. The van der Waals surface area contributed by atoms with Gasteiger partial charge >= 0.3 is 12.2 Å². The Morgan fingerprint density at radius 1 is 0.941 bits per heavy atom. The highest BCUT2D eigenvalue weighted by Gasteiger charge is 2.30. The number of amides is 3. The topological polar surface area (TPSA) is 80.6 Å². The summed E-state index contributed by atoms with van der Waals surface area (Å²) in [7, 11) is 0. The van der Waals surface area contributed by atoms with Gasteiger partial charge in [-0.1, -0.05) is 42.5 Å². The first-order valence-electron chi connectivity index (χ1n) is 9.94. The van der Waals surface area contributed by atoms with Crippen molar-refractivity contribution in [3.63, 3.8) is 0 Å². The second kappa shape index (κ2) is 9.92. The summed E-state index contributed by atoms with van der Waals surface area (Å²) in [6.07, 6.45) is -4.44. The SMILES string of the molecule is O=C(NSc1ccccc1OCc1cccc(C(F)(F)F)c1)NC(=O)c1cc2ccccc2o1. The maximum atomic E-state index is 12.9. The van der Waals surface area contributed by atoms with Crippen LogP contribution in [0.5, 0.6) is 5.75 Å². The smallest absolute Gasteiger partial charge is 0.416 e. The minimum Gasteiger partial charge on any atom is -0.488 e. The van der Waals surface area contributed by atoms with E-state index in [9.17, 15) is 22.8 Å². The normalized spacial score (nSPS) is 11.3. The minimum atomic E-state index is -4.44. The maximum Gasteiger partial charge on any atom is 0.416 e. The zero-order valence-electron chi connectivity index (χ0n) is 17.4. The third kappa shape index (κ3) is 5.70. The Labute approximate surface area is 196 Å². The Bertz CT molecular complexity index is 1300. The highest BCUT2D eigenvalue weighted by atomic mass is 32.2. The Morgan fingerprint density at radius 2 is 1.71 bits per heavy atom. The van der Waals surface area contributed by atoms with Crippen LogP contribution in [0.4, 0.5) is 18.0 Å². The van der Waals surface area contributed by atoms with Crippen molar-refractivity contribution < 1.29 is 31.9 Å². The molecule has 0 aliphatic heterocycles. The first-order chi connectivity index (χ1) is 16.3. The number of hydrogen-bond donors (Lipinski definition) is 2. The summed E-state index contributed by atoms with van der Waals surface area (Å²) in [5, 5.41) is 2.90. The lowest BCUT2D eigenvalue weighted by Gasteiger charge is -2.13. The van der Waals surface area contributed by atoms with Crippen LogP contribution >= 0.6 is 11.9 Å². The number of rotatable bonds is 6. The summed E-state index contributed by atoms with van der Waals surface area (Å²) in [6.45, 7) is -0.0990. The number of urea groups is 1. The molecule has 3 aromatic carbocycles. The number of imide groups is 1. The molecule has 0 atom stereocenters. The Morgan fingerprint density at radius 3 is 2.50 bits per heavy atom. The monoisotopic (exact) mass is 486 g/mol. The molecule has 0 radical (unpaired) electrons. The lowest BCUT2D eigenvalue weighted by atomic mass is 10.1. The van der Waals surface area contributed by atoms with Crippen LogP contribution in [0.1, 0.15) is 21.7 Å².